The van der Waals surface area contributed by atoms with E-state index in [9.17, 15) is 4.79 Å². The third-order valence-electron chi connectivity index (χ3n) is 3.17. The molecular weight excluding hydrogens is 244 g/mol. The second-order valence-electron chi connectivity index (χ2n) is 6.35. The van der Waals surface area contributed by atoms with Crippen LogP contribution in [0.4, 0.5) is 4.79 Å². The van der Waals surface area contributed by atoms with Gasteiger partial charge in [-0.1, -0.05) is 0 Å². The minimum absolute atomic E-state index is 0.109. The number of aliphatic hydroxyl groups is 1. The van der Waals surface area contributed by atoms with Crippen molar-refractivity contribution in [3.05, 3.63) is 0 Å². The van der Waals surface area contributed by atoms with Crippen LogP contribution in [-0.4, -0.2) is 53.5 Å². The Kier molecular flexibility index (Phi) is 6.07. The maximum absolute atomic E-state index is 12.0. The van der Waals surface area contributed by atoms with Gasteiger partial charge in [-0.3, -0.25) is 0 Å². The molecule has 5 heteroatoms. The van der Waals surface area contributed by atoms with Gasteiger partial charge in [0.05, 0.1) is 6.61 Å². The molecule has 1 saturated heterocycles. The Balaban J connectivity index is 2.43. The van der Waals surface area contributed by atoms with Crippen molar-refractivity contribution >= 4 is 6.09 Å². The summed E-state index contributed by atoms with van der Waals surface area (Å²) < 4.78 is 5.40. The third kappa shape index (κ3) is 6.25. The molecule has 0 aliphatic carbocycles. The van der Waals surface area contributed by atoms with E-state index in [2.05, 4.69) is 5.32 Å². The maximum atomic E-state index is 12.0. The van der Waals surface area contributed by atoms with Crippen LogP contribution in [-0.2, 0) is 4.74 Å². The van der Waals surface area contributed by atoms with E-state index in [1.165, 1.54) is 0 Å². The second-order valence-corrected chi connectivity index (χ2v) is 6.35. The summed E-state index contributed by atoms with van der Waals surface area (Å²) in [5.74, 6) is 0. The van der Waals surface area contributed by atoms with Crippen LogP contribution in [0.1, 0.15) is 47.0 Å². The van der Waals surface area contributed by atoms with Crippen molar-refractivity contribution < 1.29 is 14.6 Å². The fourth-order valence-corrected chi connectivity index (χ4v) is 2.23. The molecule has 0 radical (unpaired) electrons. The highest BCUT2D eigenvalue weighted by molar-refractivity contribution is 5.68. The molecule has 0 aromatic carbocycles. The van der Waals surface area contributed by atoms with E-state index in [1.807, 2.05) is 27.7 Å². The molecule has 112 valence electrons. The lowest BCUT2D eigenvalue weighted by molar-refractivity contribution is 0.0256. The van der Waals surface area contributed by atoms with Crippen LogP contribution in [0.5, 0.6) is 0 Å². The first-order chi connectivity index (χ1) is 8.81. The summed E-state index contributed by atoms with van der Waals surface area (Å²) in [7, 11) is 0. The number of hydrogen-bond donors (Lipinski definition) is 2. The molecule has 1 heterocycles. The molecule has 1 rings (SSSR count). The average molecular weight is 272 g/mol. The third-order valence-corrected chi connectivity index (χ3v) is 3.17. The van der Waals surface area contributed by atoms with Gasteiger partial charge in [0.15, 0.2) is 0 Å². The van der Waals surface area contributed by atoms with E-state index in [0.29, 0.717) is 12.6 Å². The lowest BCUT2D eigenvalue weighted by atomic mass is 10.1. The van der Waals surface area contributed by atoms with E-state index in [-0.39, 0.29) is 18.7 Å². The van der Waals surface area contributed by atoms with Crippen molar-refractivity contribution in [3.8, 4) is 0 Å². The van der Waals surface area contributed by atoms with Crippen molar-refractivity contribution in [2.24, 2.45) is 0 Å². The van der Waals surface area contributed by atoms with Crippen LogP contribution in [0, 0.1) is 0 Å². The lowest BCUT2D eigenvalue weighted by Crippen LogP contribution is -2.40. The molecule has 1 aliphatic rings. The molecule has 5 nitrogen and oxygen atoms in total. The Morgan fingerprint density at radius 3 is 2.68 bits per heavy atom. The first kappa shape index (κ1) is 16.2. The highest BCUT2D eigenvalue weighted by atomic mass is 16.6. The summed E-state index contributed by atoms with van der Waals surface area (Å²) in [6, 6.07) is 0.479. The number of rotatable bonds is 3. The van der Waals surface area contributed by atoms with Crippen molar-refractivity contribution in [2.45, 2.75) is 64.6 Å². The SMILES string of the molecule is CC(CO)NC1CCCN(C(=O)OC(C)(C)C)CC1. The zero-order chi connectivity index (χ0) is 14.5. The largest absolute Gasteiger partial charge is 0.444 e. The Labute approximate surface area is 116 Å². The summed E-state index contributed by atoms with van der Waals surface area (Å²) in [5.41, 5.74) is -0.438. The number of carbonyl (C=O) groups excluding carboxylic acids is 1. The fourth-order valence-electron chi connectivity index (χ4n) is 2.23. The van der Waals surface area contributed by atoms with E-state index in [1.54, 1.807) is 4.90 Å². The molecule has 0 spiro atoms. The first-order valence-corrected chi connectivity index (χ1v) is 7.16. The summed E-state index contributed by atoms with van der Waals surface area (Å²) in [5, 5.41) is 12.4. The van der Waals surface area contributed by atoms with E-state index < -0.39 is 5.60 Å². The first-order valence-electron chi connectivity index (χ1n) is 7.16. The summed E-state index contributed by atoms with van der Waals surface area (Å²) in [6.45, 7) is 9.23. The zero-order valence-electron chi connectivity index (χ0n) is 12.6. The van der Waals surface area contributed by atoms with Gasteiger partial charge in [-0.05, 0) is 47.0 Å². The van der Waals surface area contributed by atoms with Gasteiger partial charge in [0.1, 0.15) is 5.60 Å². The lowest BCUT2D eigenvalue weighted by Gasteiger charge is -2.26. The number of nitrogens with zero attached hydrogens (tertiary/aromatic N) is 1. The zero-order valence-corrected chi connectivity index (χ0v) is 12.6. The molecule has 1 amide bonds. The molecule has 1 aliphatic heterocycles. The number of ether oxygens (including phenoxy) is 1. The molecule has 2 N–H and O–H groups in total. The van der Waals surface area contributed by atoms with Crippen LogP contribution in [0.15, 0.2) is 0 Å². The summed E-state index contributed by atoms with van der Waals surface area (Å²) in [6.07, 6.45) is 2.69. The Hall–Kier alpha value is -0.810. The molecule has 0 bridgehead atoms. The van der Waals surface area contributed by atoms with Crippen molar-refractivity contribution in [3.63, 3.8) is 0 Å². The fraction of sp³-hybridized carbons (Fsp3) is 0.929. The van der Waals surface area contributed by atoms with Crippen molar-refractivity contribution in [1.82, 2.24) is 10.2 Å². The van der Waals surface area contributed by atoms with Gasteiger partial charge in [-0.25, -0.2) is 4.79 Å². The molecule has 1 fully saturated rings. The van der Waals surface area contributed by atoms with E-state index >= 15 is 0 Å². The highest BCUT2D eigenvalue weighted by Crippen LogP contribution is 2.15. The highest BCUT2D eigenvalue weighted by Gasteiger charge is 2.25. The molecule has 19 heavy (non-hydrogen) atoms. The predicted molar refractivity (Wildman–Crippen MR) is 75.1 cm³/mol. The van der Waals surface area contributed by atoms with Gasteiger partial charge in [0, 0.05) is 25.2 Å². The minimum atomic E-state index is -0.438. The van der Waals surface area contributed by atoms with Crippen LogP contribution in [0.25, 0.3) is 0 Å². The van der Waals surface area contributed by atoms with Crippen LogP contribution in [0.3, 0.4) is 0 Å². The van der Waals surface area contributed by atoms with Crippen molar-refractivity contribution in [1.29, 1.82) is 0 Å². The second kappa shape index (κ2) is 7.10. The molecule has 0 aromatic heterocycles. The molecule has 2 unspecified atom stereocenters. The van der Waals surface area contributed by atoms with Crippen LogP contribution < -0.4 is 5.32 Å². The van der Waals surface area contributed by atoms with Gasteiger partial charge in [0.2, 0.25) is 0 Å². The van der Waals surface area contributed by atoms with Crippen LogP contribution in [0.2, 0.25) is 0 Å². The van der Waals surface area contributed by atoms with E-state index in [4.69, 9.17) is 9.84 Å². The van der Waals surface area contributed by atoms with Gasteiger partial charge < -0.3 is 20.1 Å². The minimum Gasteiger partial charge on any atom is -0.444 e. The summed E-state index contributed by atoms with van der Waals surface area (Å²) in [4.78, 5) is 13.8. The number of likely N-dealkylation sites (tertiary alicyclic amines) is 1. The number of amides is 1. The normalized spacial score (nSPS) is 22.8. The molecule has 2 atom stereocenters. The average Bonchev–Trinajstić information content (AvgIpc) is 2.52. The number of hydrogen-bond acceptors (Lipinski definition) is 4. The van der Waals surface area contributed by atoms with Crippen molar-refractivity contribution in [2.75, 3.05) is 19.7 Å². The number of nitrogens with one attached hydrogen (secondary N) is 1. The molecule has 0 saturated carbocycles. The van der Waals surface area contributed by atoms with Crippen LogP contribution >= 0.6 is 0 Å². The quantitative estimate of drug-likeness (QED) is 0.821. The monoisotopic (exact) mass is 272 g/mol. The standard InChI is InChI=1S/C14H28N2O3/c1-11(10-17)15-12-6-5-8-16(9-7-12)13(18)19-14(2,3)4/h11-12,15,17H,5-10H2,1-4H3. The topological polar surface area (TPSA) is 61.8 Å². The maximum Gasteiger partial charge on any atom is 0.410 e. The Morgan fingerprint density at radius 2 is 2.11 bits per heavy atom. The molecular formula is C14H28N2O3. The van der Waals surface area contributed by atoms with Gasteiger partial charge in [0.25, 0.3) is 0 Å². The summed E-state index contributed by atoms with van der Waals surface area (Å²) >= 11 is 0. The predicted octanol–water partition coefficient (Wildman–Crippen LogP) is 1.75. The van der Waals surface area contributed by atoms with Gasteiger partial charge in [-0.2, -0.15) is 0 Å². The smallest absolute Gasteiger partial charge is 0.410 e. The van der Waals surface area contributed by atoms with Gasteiger partial charge in [-0.15, -0.1) is 0 Å². The number of carbonyl (C=O) groups is 1. The Morgan fingerprint density at radius 1 is 1.42 bits per heavy atom. The van der Waals surface area contributed by atoms with Gasteiger partial charge >= 0.3 is 6.09 Å². The molecule has 0 aromatic rings. The Bertz CT molecular complexity index is 289. The number of aliphatic hydroxyl groups excluding tert-OH is 1. The van der Waals surface area contributed by atoms with E-state index in [0.717, 1.165) is 25.8 Å².